The van der Waals surface area contributed by atoms with Gasteiger partial charge in [-0.05, 0) is 88.8 Å². The summed E-state index contributed by atoms with van der Waals surface area (Å²) in [5, 5.41) is 0. The molecule has 3 aromatic carbocycles. The van der Waals surface area contributed by atoms with Crippen molar-refractivity contribution >= 4 is 66.0 Å². The molecule has 3 aromatic rings. The van der Waals surface area contributed by atoms with Crippen molar-refractivity contribution in [3.8, 4) is 0 Å². The molecule has 0 aliphatic carbocycles. The minimum Gasteiger partial charge on any atom is -0.274 e. The monoisotopic (exact) mass is 642 g/mol. The Bertz CT molecular complexity index is 1300. The molecule has 0 bridgehead atoms. The molecule has 6 nitrogen and oxygen atoms in total. The van der Waals surface area contributed by atoms with Crippen LogP contribution in [0.2, 0.25) is 0 Å². The van der Waals surface area contributed by atoms with Gasteiger partial charge in [0.05, 0.1) is 17.0 Å². The van der Waals surface area contributed by atoms with Gasteiger partial charge in [0.15, 0.2) is 0 Å². The molecule has 1 aliphatic heterocycles. The van der Waals surface area contributed by atoms with Gasteiger partial charge in [0.2, 0.25) is 15.9 Å². The summed E-state index contributed by atoms with van der Waals surface area (Å²) in [4.78, 5) is 27.2. The topological polar surface area (TPSA) is 74.8 Å². The number of carbonyl (C=O) groups is 2. The van der Waals surface area contributed by atoms with Crippen molar-refractivity contribution < 1.29 is 22.4 Å². The second-order valence-corrected chi connectivity index (χ2v) is 11.4. The normalized spacial score (nSPS) is 16.6. The molecule has 1 atom stereocenters. The zero-order valence-corrected chi connectivity index (χ0v) is 21.5. The second kappa shape index (κ2) is 9.61. The first kappa shape index (κ1) is 24.0. The standard InChI is InChI=1S/C23H17BrFIN2O4S/c24-16-3-11-20(12-4-16)33(31,32)27(14-15-1-5-17(25)6-2-15)21-13-22(29)28(23(21)30)19-9-7-18(26)8-10-19/h1-12,21H,13-14H2. The van der Waals surface area contributed by atoms with Gasteiger partial charge >= 0.3 is 0 Å². The largest absolute Gasteiger partial charge is 0.274 e. The van der Waals surface area contributed by atoms with E-state index in [4.69, 9.17) is 0 Å². The number of anilines is 1. The summed E-state index contributed by atoms with van der Waals surface area (Å²) >= 11 is 5.40. The average molecular weight is 643 g/mol. The quantitative estimate of drug-likeness (QED) is 0.288. The number of benzene rings is 3. The van der Waals surface area contributed by atoms with Crippen LogP contribution in [0.3, 0.4) is 0 Å². The summed E-state index contributed by atoms with van der Waals surface area (Å²) in [7, 11) is -4.16. The van der Waals surface area contributed by atoms with E-state index in [0.717, 1.165) is 12.8 Å². The lowest BCUT2D eigenvalue weighted by Gasteiger charge is -2.27. The number of hydrogen-bond acceptors (Lipinski definition) is 4. The number of hydrogen-bond donors (Lipinski definition) is 0. The van der Waals surface area contributed by atoms with Crippen molar-refractivity contribution in [2.75, 3.05) is 4.90 Å². The molecule has 33 heavy (non-hydrogen) atoms. The van der Waals surface area contributed by atoms with Crippen LogP contribution in [0.25, 0.3) is 0 Å². The Labute approximate surface area is 212 Å². The Morgan fingerprint density at radius 1 is 0.970 bits per heavy atom. The molecule has 0 radical (unpaired) electrons. The molecule has 170 valence electrons. The van der Waals surface area contributed by atoms with E-state index in [-0.39, 0.29) is 17.9 Å². The van der Waals surface area contributed by atoms with E-state index >= 15 is 0 Å². The van der Waals surface area contributed by atoms with Crippen LogP contribution in [0.15, 0.2) is 82.2 Å². The third kappa shape index (κ3) is 5.03. The van der Waals surface area contributed by atoms with Gasteiger partial charge in [-0.2, -0.15) is 4.31 Å². The first-order valence-electron chi connectivity index (χ1n) is 9.81. The third-order valence-corrected chi connectivity index (χ3v) is 8.34. The molecule has 0 aromatic heterocycles. The van der Waals surface area contributed by atoms with Crippen molar-refractivity contribution in [3.05, 3.63) is 92.2 Å². The first-order valence-corrected chi connectivity index (χ1v) is 13.1. The summed E-state index contributed by atoms with van der Waals surface area (Å²) in [6.07, 6.45) is -0.290. The van der Waals surface area contributed by atoms with Crippen LogP contribution in [-0.2, 0) is 26.2 Å². The SMILES string of the molecule is O=C1CC(N(Cc2ccc(F)cc2)S(=O)(=O)c2ccc(Br)cc2)C(=O)N1c1ccc(I)cc1. The van der Waals surface area contributed by atoms with E-state index in [1.807, 2.05) is 0 Å². The maximum atomic E-state index is 13.6. The lowest BCUT2D eigenvalue weighted by Crippen LogP contribution is -2.45. The first-order chi connectivity index (χ1) is 15.7. The smallest absolute Gasteiger partial charge is 0.252 e. The van der Waals surface area contributed by atoms with Crippen LogP contribution in [0, 0.1) is 9.39 Å². The number of nitrogens with zero attached hydrogens (tertiary/aromatic N) is 2. The van der Waals surface area contributed by atoms with Gasteiger partial charge in [-0.3, -0.25) is 9.59 Å². The minimum atomic E-state index is -4.16. The Balaban J connectivity index is 1.74. The Hall–Kier alpha value is -2.15. The summed E-state index contributed by atoms with van der Waals surface area (Å²) in [6, 6.07) is 17.0. The number of imide groups is 1. The Kier molecular flexibility index (Phi) is 6.99. The van der Waals surface area contributed by atoms with Crippen LogP contribution in [-0.4, -0.2) is 30.6 Å². The van der Waals surface area contributed by atoms with E-state index < -0.39 is 33.7 Å². The Morgan fingerprint density at radius 2 is 1.58 bits per heavy atom. The van der Waals surface area contributed by atoms with Crippen molar-refractivity contribution in [2.45, 2.75) is 23.9 Å². The summed E-state index contributed by atoms with van der Waals surface area (Å²) in [5.41, 5.74) is 0.876. The van der Waals surface area contributed by atoms with Gasteiger partial charge in [-0.25, -0.2) is 17.7 Å². The molecular weight excluding hydrogens is 626 g/mol. The van der Waals surface area contributed by atoms with Crippen LogP contribution < -0.4 is 4.90 Å². The molecule has 1 fully saturated rings. The van der Waals surface area contributed by atoms with E-state index in [2.05, 4.69) is 38.5 Å². The van der Waals surface area contributed by atoms with Gasteiger partial charge in [-0.15, -0.1) is 0 Å². The molecule has 1 aliphatic rings. The molecule has 0 spiro atoms. The highest BCUT2D eigenvalue weighted by molar-refractivity contribution is 14.1. The number of carbonyl (C=O) groups excluding carboxylic acids is 2. The van der Waals surface area contributed by atoms with E-state index in [1.165, 1.54) is 36.4 Å². The van der Waals surface area contributed by atoms with E-state index in [0.29, 0.717) is 15.7 Å². The maximum Gasteiger partial charge on any atom is 0.252 e. The lowest BCUT2D eigenvalue weighted by atomic mass is 10.2. The van der Waals surface area contributed by atoms with Crippen molar-refractivity contribution in [1.82, 2.24) is 4.31 Å². The fourth-order valence-corrected chi connectivity index (χ4v) is 5.77. The molecule has 0 N–H and O–H groups in total. The predicted octanol–water partition coefficient (Wildman–Crippen LogP) is 4.72. The predicted molar refractivity (Wildman–Crippen MR) is 133 cm³/mol. The van der Waals surface area contributed by atoms with Gasteiger partial charge in [-0.1, -0.05) is 28.1 Å². The second-order valence-electron chi connectivity index (χ2n) is 7.39. The molecule has 1 heterocycles. The number of sulfonamides is 1. The summed E-state index contributed by atoms with van der Waals surface area (Å²) in [5.74, 6) is -1.57. The average Bonchev–Trinajstić information content (AvgIpc) is 3.07. The molecule has 10 heteroatoms. The number of halogens is 3. The third-order valence-electron chi connectivity index (χ3n) is 5.23. The summed E-state index contributed by atoms with van der Waals surface area (Å²) in [6.45, 7) is -0.192. The van der Waals surface area contributed by atoms with Crippen molar-refractivity contribution in [2.24, 2.45) is 0 Å². The zero-order chi connectivity index (χ0) is 23.8. The highest BCUT2D eigenvalue weighted by Crippen LogP contribution is 2.31. The lowest BCUT2D eigenvalue weighted by molar-refractivity contribution is -0.122. The van der Waals surface area contributed by atoms with Gasteiger partial charge in [0.1, 0.15) is 11.9 Å². The number of amides is 2. The fraction of sp³-hybridized carbons (Fsp3) is 0.130. The van der Waals surface area contributed by atoms with Crippen molar-refractivity contribution in [1.29, 1.82) is 0 Å². The zero-order valence-electron chi connectivity index (χ0n) is 17.0. The molecule has 2 amide bonds. The van der Waals surface area contributed by atoms with Gasteiger partial charge in [0.25, 0.3) is 5.91 Å². The van der Waals surface area contributed by atoms with Gasteiger partial charge in [0, 0.05) is 14.6 Å². The minimum absolute atomic E-state index is 0.0132. The van der Waals surface area contributed by atoms with Crippen LogP contribution in [0.1, 0.15) is 12.0 Å². The molecular formula is C23H17BrFIN2O4S. The van der Waals surface area contributed by atoms with E-state index in [1.54, 1.807) is 36.4 Å². The van der Waals surface area contributed by atoms with Crippen LogP contribution >= 0.6 is 38.5 Å². The van der Waals surface area contributed by atoms with E-state index in [9.17, 15) is 22.4 Å². The number of rotatable bonds is 6. The van der Waals surface area contributed by atoms with Crippen LogP contribution in [0.4, 0.5) is 10.1 Å². The highest BCUT2D eigenvalue weighted by Gasteiger charge is 2.47. The highest BCUT2D eigenvalue weighted by atomic mass is 127. The van der Waals surface area contributed by atoms with Gasteiger partial charge < -0.3 is 0 Å². The summed E-state index contributed by atoms with van der Waals surface area (Å²) < 4.78 is 43.2. The molecule has 0 saturated carbocycles. The maximum absolute atomic E-state index is 13.6. The Morgan fingerprint density at radius 3 is 2.18 bits per heavy atom. The fourth-order valence-electron chi connectivity index (χ4n) is 3.58. The molecule has 4 rings (SSSR count). The molecule has 1 unspecified atom stereocenters. The molecule has 1 saturated heterocycles. The van der Waals surface area contributed by atoms with Crippen molar-refractivity contribution in [3.63, 3.8) is 0 Å². The van der Waals surface area contributed by atoms with Crippen LogP contribution in [0.5, 0.6) is 0 Å².